The number of nitrogens with zero attached hydrogens (tertiary/aromatic N) is 2. The standard InChI is InChI=1S/C11H20N4/c1-4-12-6-5-7-13-11-14-9(2)8-10(3)15-11/h8,12H,4-7H2,1-3H3,(H,13,14,15). The van der Waals surface area contributed by atoms with Gasteiger partial charge in [-0.05, 0) is 39.4 Å². The van der Waals surface area contributed by atoms with Crippen LogP contribution < -0.4 is 10.6 Å². The fraction of sp³-hybridized carbons (Fsp3) is 0.636. The minimum atomic E-state index is 0.740. The van der Waals surface area contributed by atoms with E-state index < -0.39 is 0 Å². The molecule has 0 spiro atoms. The second-order valence-corrected chi connectivity index (χ2v) is 3.61. The van der Waals surface area contributed by atoms with Crippen molar-refractivity contribution in [3.05, 3.63) is 17.5 Å². The van der Waals surface area contributed by atoms with Crippen molar-refractivity contribution in [1.29, 1.82) is 0 Å². The summed E-state index contributed by atoms with van der Waals surface area (Å²) in [5.41, 5.74) is 2.02. The smallest absolute Gasteiger partial charge is 0.223 e. The Balaban J connectivity index is 2.31. The lowest BCUT2D eigenvalue weighted by atomic mass is 10.3. The maximum Gasteiger partial charge on any atom is 0.223 e. The van der Waals surface area contributed by atoms with Crippen molar-refractivity contribution in [3.63, 3.8) is 0 Å². The van der Waals surface area contributed by atoms with Gasteiger partial charge in [-0.15, -0.1) is 0 Å². The third-order valence-corrected chi connectivity index (χ3v) is 2.05. The summed E-state index contributed by atoms with van der Waals surface area (Å²) in [5, 5.41) is 6.50. The third-order valence-electron chi connectivity index (χ3n) is 2.05. The van der Waals surface area contributed by atoms with E-state index in [1.54, 1.807) is 0 Å². The molecule has 1 aromatic rings. The largest absolute Gasteiger partial charge is 0.354 e. The first kappa shape index (κ1) is 11.9. The van der Waals surface area contributed by atoms with Crippen molar-refractivity contribution in [2.24, 2.45) is 0 Å². The van der Waals surface area contributed by atoms with E-state index in [2.05, 4.69) is 27.5 Å². The van der Waals surface area contributed by atoms with Gasteiger partial charge in [0.25, 0.3) is 0 Å². The molecule has 1 heterocycles. The minimum Gasteiger partial charge on any atom is -0.354 e. The van der Waals surface area contributed by atoms with Gasteiger partial charge >= 0.3 is 0 Å². The van der Waals surface area contributed by atoms with Gasteiger partial charge in [0.15, 0.2) is 0 Å². The van der Waals surface area contributed by atoms with E-state index in [4.69, 9.17) is 0 Å². The Morgan fingerprint density at radius 2 is 1.80 bits per heavy atom. The lowest BCUT2D eigenvalue weighted by Crippen LogP contribution is -2.17. The van der Waals surface area contributed by atoms with E-state index in [0.717, 1.165) is 43.4 Å². The molecule has 1 rings (SSSR count). The van der Waals surface area contributed by atoms with E-state index in [9.17, 15) is 0 Å². The number of anilines is 1. The Hall–Kier alpha value is -1.16. The van der Waals surface area contributed by atoms with Crippen LogP contribution in [0.25, 0.3) is 0 Å². The molecule has 15 heavy (non-hydrogen) atoms. The van der Waals surface area contributed by atoms with Gasteiger partial charge in [-0.2, -0.15) is 0 Å². The van der Waals surface area contributed by atoms with Crippen LogP contribution >= 0.6 is 0 Å². The van der Waals surface area contributed by atoms with Gasteiger partial charge in [0.2, 0.25) is 5.95 Å². The molecule has 0 aromatic carbocycles. The molecule has 0 saturated carbocycles. The Morgan fingerprint density at radius 1 is 1.13 bits per heavy atom. The van der Waals surface area contributed by atoms with Crippen molar-refractivity contribution in [2.75, 3.05) is 25.0 Å². The van der Waals surface area contributed by atoms with Crippen LogP contribution in [0.2, 0.25) is 0 Å². The summed E-state index contributed by atoms with van der Waals surface area (Å²) >= 11 is 0. The number of rotatable bonds is 6. The Labute approximate surface area is 91.5 Å². The van der Waals surface area contributed by atoms with Crippen molar-refractivity contribution < 1.29 is 0 Å². The van der Waals surface area contributed by atoms with Crippen molar-refractivity contribution in [2.45, 2.75) is 27.2 Å². The molecule has 0 aliphatic rings. The quantitative estimate of drug-likeness (QED) is 0.696. The van der Waals surface area contributed by atoms with E-state index in [-0.39, 0.29) is 0 Å². The van der Waals surface area contributed by atoms with Crippen LogP contribution in [0, 0.1) is 13.8 Å². The van der Waals surface area contributed by atoms with E-state index in [1.807, 2.05) is 19.9 Å². The van der Waals surface area contributed by atoms with Crippen LogP contribution in [-0.4, -0.2) is 29.6 Å². The molecule has 4 nitrogen and oxygen atoms in total. The fourth-order valence-corrected chi connectivity index (χ4v) is 1.40. The summed E-state index contributed by atoms with van der Waals surface area (Å²) in [6.07, 6.45) is 1.09. The molecule has 0 bridgehead atoms. The Bertz CT molecular complexity index is 278. The summed E-state index contributed by atoms with van der Waals surface area (Å²) in [5.74, 6) is 0.740. The van der Waals surface area contributed by atoms with Gasteiger partial charge in [-0.25, -0.2) is 9.97 Å². The summed E-state index contributed by atoms with van der Waals surface area (Å²) in [7, 11) is 0. The number of aromatic nitrogens is 2. The van der Waals surface area contributed by atoms with Gasteiger partial charge in [0, 0.05) is 17.9 Å². The van der Waals surface area contributed by atoms with Gasteiger partial charge in [0.05, 0.1) is 0 Å². The van der Waals surface area contributed by atoms with Gasteiger partial charge in [-0.1, -0.05) is 6.92 Å². The summed E-state index contributed by atoms with van der Waals surface area (Å²) in [6, 6.07) is 1.98. The second kappa shape index (κ2) is 6.35. The van der Waals surface area contributed by atoms with E-state index in [0.29, 0.717) is 0 Å². The molecule has 0 aliphatic heterocycles. The topological polar surface area (TPSA) is 49.8 Å². The Morgan fingerprint density at radius 3 is 2.40 bits per heavy atom. The average molecular weight is 208 g/mol. The predicted octanol–water partition coefficient (Wildman–Crippen LogP) is 1.50. The molecule has 0 amide bonds. The normalized spacial score (nSPS) is 10.3. The van der Waals surface area contributed by atoms with Crippen LogP contribution in [-0.2, 0) is 0 Å². The molecular weight excluding hydrogens is 188 g/mol. The van der Waals surface area contributed by atoms with Crippen LogP contribution in [0.5, 0.6) is 0 Å². The molecule has 84 valence electrons. The molecule has 0 radical (unpaired) electrons. The minimum absolute atomic E-state index is 0.740. The number of aryl methyl sites for hydroxylation is 2. The number of hydrogen-bond acceptors (Lipinski definition) is 4. The van der Waals surface area contributed by atoms with E-state index in [1.165, 1.54) is 0 Å². The van der Waals surface area contributed by atoms with Crippen LogP contribution in [0.15, 0.2) is 6.07 Å². The zero-order chi connectivity index (χ0) is 11.1. The van der Waals surface area contributed by atoms with Crippen molar-refractivity contribution >= 4 is 5.95 Å². The molecule has 0 saturated heterocycles. The zero-order valence-electron chi connectivity index (χ0n) is 9.80. The zero-order valence-corrected chi connectivity index (χ0v) is 9.80. The maximum atomic E-state index is 4.31. The highest BCUT2D eigenvalue weighted by atomic mass is 15.1. The SMILES string of the molecule is CCNCCCNc1nc(C)cc(C)n1. The molecule has 2 N–H and O–H groups in total. The third kappa shape index (κ3) is 4.74. The second-order valence-electron chi connectivity index (χ2n) is 3.61. The van der Waals surface area contributed by atoms with Crippen LogP contribution in [0.1, 0.15) is 24.7 Å². The number of hydrogen-bond donors (Lipinski definition) is 2. The van der Waals surface area contributed by atoms with Crippen molar-refractivity contribution in [3.8, 4) is 0 Å². The van der Waals surface area contributed by atoms with Crippen LogP contribution in [0.4, 0.5) is 5.95 Å². The maximum absolute atomic E-state index is 4.31. The number of nitrogens with one attached hydrogen (secondary N) is 2. The molecule has 0 fully saturated rings. The molecule has 0 unspecified atom stereocenters. The van der Waals surface area contributed by atoms with Gasteiger partial charge < -0.3 is 10.6 Å². The Kier molecular flexibility index (Phi) is 5.04. The first-order chi connectivity index (χ1) is 7.22. The molecule has 1 aromatic heterocycles. The monoisotopic (exact) mass is 208 g/mol. The van der Waals surface area contributed by atoms with Gasteiger partial charge in [0.1, 0.15) is 0 Å². The summed E-state index contributed by atoms with van der Waals surface area (Å²) in [4.78, 5) is 8.62. The van der Waals surface area contributed by atoms with Gasteiger partial charge in [-0.3, -0.25) is 0 Å². The summed E-state index contributed by atoms with van der Waals surface area (Å²) in [6.45, 7) is 9.06. The predicted molar refractivity (Wildman–Crippen MR) is 63.2 cm³/mol. The molecule has 4 heteroatoms. The molecule has 0 atom stereocenters. The highest BCUT2D eigenvalue weighted by Crippen LogP contribution is 2.03. The lowest BCUT2D eigenvalue weighted by molar-refractivity contribution is 0.687. The highest BCUT2D eigenvalue weighted by molar-refractivity contribution is 5.27. The average Bonchev–Trinajstić information content (AvgIpc) is 2.16. The fourth-order valence-electron chi connectivity index (χ4n) is 1.40. The van der Waals surface area contributed by atoms with E-state index >= 15 is 0 Å². The molecule has 0 aliphatic carbocycles. The molecular formula is C11H20N4. The first-order valence-corrected chi connectivity index (χ1v) is 5.49. The highest BCUT2D eigenvalue weighted by Gasteiger charge is 1.97. The van der Waals surface area contributed by atoms with Crippen LogP contribution in [0.3, 0.4) is 0 Å². The first-order valence-electron chi connectivity index (χ1n) is 5.49. The van der Waals surface area contributed by atoms with Crippen molar-refractivity contribution in [1.82, 2.24) is 15.3 Å². The lowest BCUT2D eigenvalue weighted by Gasteiger charge is -2.06. The summed E-state index contributed by atoms with van der Waals surface area (Å²) < 4.78 is 0.